The molecule has 16 heavy (non-hydrogen) atoms. The lowest BCUT2D eigenvalue weighted by Gasteiger charge is -2.05. The Bertz CT molecular complexity index is 371. The molecule has 0 amide bonds. The molecule has 0 spiro atoms. The first-order valence-corrected chi connectivity index (χ1v) is 6.74. The number of hydrogen-bond acceptors (Lipinski definition) is 4. The molecule has 1 rings (SSSR count). The maximum atomic E-state index is 11.1. The van der Waals surface area contributed by atoms with Crippen molar-refractivity contribution in [2.75, 3.05) is 18.1 Å². The molecule has 0 saturated carbocycles. The van der Waals surface area contributed by atoms with E-state index in [9.17, 15) is 4.79 Å². The first-order valence-electron chi connectivity index (χ1n) is 4.97. The number of ether oxygens (including phenoxy) is 1. The maximum Gasteiger partial charge on any atom is 0.306 e. The molecule has 0 saturated heterocycles. The van der Waals surface area contributed by atoms with Crippen molar-refractivity contribution in [2.24, 2.45) is 0 Å². The number of rotatable bonds is 5. The summed E-state index contributed by atoms with van der Waals surface area (Å²) in [6.07, 6.45) is 0.411. The second-order valence-corrected chi connectivity index (χ2v) is 5.14. The van der Waals surface area contributed by atoms with Crippen molar-refractivity contribution in [1.82, 2.24) is 0 Å². The summed E-state index contributed by atoms with van der Waals surface area (Å²) in [4.78, 5) is 12.1. The van der Waals surface area contributed by atoms with Crippen molar-refractivity contribution in [3.63, 3.8) is 0 Å². The highest BCUT2D eigenvalue weighted by atomic mass is 79.9. The smallest absolute Gasteiger partial charge is 0.306 e. The monoisotopic (exact) mass is 303 g/mol. The number of nitrogens with two attached hydrogens (primary N) is 1. The third-order valence-corrected chi connectivity index (χ3v) is 3.43. The number of nitrogen functional groups attached to an aromatic ring is 1. The molecule has 0 aliphatic rings. The first-order chi connectivity index (χ1) is 7.63. The molecule has 0 atom stereocenters. The van der Waals surface area contributed by atoms with Gasteiger partial charge in [-0.25, -0.2) is 0 Å². The first kappa shape index (κ1) is 13.4. The van der Waals surface area contributed by atoms with E-state index in [2.05, 4.69) is 15.9 Å². The Labute approximate surface area is 108 Å². The minimum absolute atomic E-state index is 0.161. The number of carbonyl (C=O) groups excluding carboxylic acids is 1. The fourth-order valence-corrected chi connectivity index (χ4v) is 2.39. The molecule has 0 aromatic heterocycles. The molecule has 0 aliphatic heterocycles. The van der Waals surface area contributed by atoms with Crippen molar-refractivity contribution in [3.05, 3.63) is 22.7 Å². The van der Waals surface area contributed by atoms with E-state index in [0.717, 1.165) is 15.1 Å². The van der Waals surface area contributed by atoms with Gasteiger partial charge in [0, 0.05) is 20.8 Å². The van der Waals surface area contributed by atoms with E-state index in [1.54, 1.807) is 18.7 Å². The number of benzene rings is 1. The summed E-state index contributed by atoms with van der Waals surface area (Å²) in [5, 5.41) is 0. The average Bonchev–Trinajstić information content (AvgIpc) is 2.22. The molecule has 5 heteroatoms. The molecule has 88 valence electrons. The Hall–Kier alpha value is -0.680. The zero-order chi connectivity index (χ0) is 12.0. The van der Waals surface area contributed by atoms with Crippen molar-refractivity contribution in [2.45, 2.75) is 18.2 Å². The van der Waals surface area contributed by atoms with Crippen LogP contribution in [0.15, 0.2) is 27.6 Å². The number of halogens is 1. The average molecular weight is 304 g/mol. The summed E-state index contributed by atoms with van der Waals surface area (Å²) in [5.41, 5.74) is 6.56. The number of anilines is 1. The summed E-state index contributed by atoms with van der Waals surface area (Å²) in [5.74, 6) is 0.524. The van der Waals surface area contributed by atoms with Crippen LogP contribution in [0.3, 0.4) is 0 Å². The summed E-state index contributed by atoms with van der Waals surface area (Å²) in [6, 6.07) is 5.73. The summed E-state index contributed by atoms with van der Waals surface area (Å²) in [6.45, 7) is 2.24. The second kappa shape index (κ2) is 6.81. The van der Waals surface area contributed by atoms with Crippen molar-refractivity contribution in [3.8, 4) is 0 Å². The molecule has 0 aliphatic carbocycles. The third-order valence-electron chi connectivity index (χ3n) is 1.84. The predicted octanol–water partition coefficient (Wildman–Crippen LogP) is 3.08. The Morgan fingerprint density at radius 2 is 2.31 bits per heavy atom. The van der Waals surface area contributed by atoms with E-state index in [-0.39, 0.29) is 5.97 Å². The summed E-state index contributed by atoms with van der Waals surface area (Å²) >= 11 is 4.91. The Kier molecular flexibility index (Phi) is 5.69. The lowest BCUT2D eigenvalue weighted by Crippen LogP contribution is -2.04. The molecule has 0 bridgehead atoms. The van der Waals surface area contributed by atoms with Gasteiger partial charge >= 0.3 is 5.97 Å². The molecular weight excluding hydrogens is 290 g/mol. The van der Waals surface area contributed by atoms with Gasteiger partial charge in [0.2, 0.25) is 0 Å². The van der Waals surface area contributed by atoms with Gasteiger partial charge in [-0.05, 0) is 25.1 Å². The minimum atomic E-state index is -0.161. The maximum absolute atomic E-state index is 11.1. The SMILES string of the molecule is CCOC(=O)CCSc1ccc(Br)cc1N. The zero-order valence-electron chi connectivity index (χ0n) is 9.03. The van der Waals surface area contributed by atoms with Crippen molar-refractivity contribution < 1.29 is 9.53 Å². The van der Waals surface area contributed by atoms with Crippen LogP contribution in [0.25, 0.3) is 0 Å². The van der Waals surface area contributed by atoms with Gasteiger partial charge in [0.15, 0.2) is 0 Å². The molecule has 2 N–H and O–H groups in total. The molecular formula is C11H14BrNO2S. The lowest BCUT2D eigenvalue weighted by molar-refractivity contribution is -0.142. The highest BCUT2D eigenvalue weighted by Gasteiger charge is 2.04. The van der Waals surface area contributed by atoms with Crippen LogP contribution in [0.2, 0.25) is 0 Å². The van der Waals surface area contributed by atoms with Crippen LogP contribution in [0, 0.1) is 0 Å². The van der Waals surface area contributed by atoms with Crippen LogP contribution in [0.5, 0.6) is 0 Å². The van der Waals surface area contributed by atoms with E-state index in [1.807, 2.05) is 18.2 Å². The predicted molar refractivity (Wildman–Crippen MR) is 70.5 cm³/mol. The molecule has 3 nitrogen and oxygen atoms in total. The molecule has 1 aromatic carbocycles. The highest BCUT2D eigenvalue weighted by Crippen LogP contribution is 2.28. The topological polar surface area (TPSA) is 52.3 Å². The zero-order valence-corrected chi connectivity index (χ0v) is 11.4. The van der Waals surface area contributed by atoms with Crippen LogP contribution >= 0.6 is 27.7 Å². The molecule has 0 unspecified atom stereocenters. The van der Waals surface area contributed by atoms with Gasteiger partial charge in [-0.3, -0.25) is 4.79 Å². The minimum Gasteiger partial charge on any atom is -0.466 e. The third kappa shape index (κ3) is 4.45. The lowest BCUT2D eigenvalue weighted by atomic mass is 10.3. The van der Waals surface area contributed by atoms with Crippen LogP contribution < -0.4 is 5.73 Å². The fraction of sp³-hybridized carbons (Fsp3) is 0.364. The van der Waals surface area contributed by atoms with Gasteiger partial charge in [-0.15, -0.1) is 11.8 Å². The van der Waals surface area contributed by atoms with E-state index in [1.165, 1.54) is 0 Å². The van der Waals surface area contributed by atoms with Crippen LogP contribution in [-0.2, 0) is 9.53 Å². The highest BCUT2D eigenvalue weighted by molar-refractivity contribution is 9.10. The standard InChI is InChI=1S/C11H14BrNO2S/c1-2-15-11(14)5-6-16-10-4-3-8(12)7-9(10)13/h3-4,7H,2,5-6,13H2,1H3. The largest absolute Gasteiger partial charge is 0.466 e. The van der Waals surface area contributed by atoms with E-state index in [0.29, 0.717) is 18.8 Å². The van der Waals surface area contributed by atoms with Gasteiger partial charge < -0.3 is 10.5 Å². The Morgan fingerprint density at radius 3 is 2.94 bits per heavy atom. The van der Waals surface area contributed by atoms with E-state index in [4.69, 9.17) is 10.5 Å². The van der Waals surface area contributed by atoms with Crippen LogP contribution in [0.1, 0.15) is 13.3 Å². The van der Waals surface area contributed by atoms with Crippen LogP contribution in [-0.4, -0.2) is 18.3 Å². The van der Waals surface area contributed by atoms with E-state index < -0.39 is 0 Å². The molecule has 1 aromatic rings. The van der Waals surface area contributed by atoms with Gasteiger partial charge in [0.1, 0.15) is 0 Å². The van der Waals surface area contributed by atoms with Gasteiger partial charge in [-0.1, -0.05) is 15.9 Å². The normalized spacial score (nSPS) is 10.1. The van der Waals surface area contributed by atoms with E-state index >= 15 is 0 Å². The number of carbonyl (C=O) groups is 1. The van der Waals surface area contributed by atoms with Crippen molar-refractivity contribution >= 4 is 39.3 Å². The summed E-state index contributed by atoms with van der Waals surface area (Å²) in [7, 11) is 0. The Morgan fingerprint density at radius 1 is 1.56 bits per heavy atom. The molecule has 0 heterocycles. The number of esters is 1. The second-order valence-electron chi connectivity index (χ2n) is 3.09. The number of thioether (sulfide) groups is 1. The number of hydrogen-bond donors (Lipinski definition) is 1. The van der Waals surface area contributed by atoms with Gasteiger partial charge in [-0.2, -0.15) is 0 Å². The Balaban J connectivity index is 2.40. The van der Waals surface area contributed by atoms with Crippen LogP contribution in [0.4, 0.5) is 5.69 Å². The summed E-state index contributed by atoms with van der Waals surface area (Å²) < 4.78 is 5.80. The molecule has 0 radical (unpaired) electrons. The molecule has 0 fully saturated rings. The van der Waals surface area contributed by atoms with Gasteiger partial charge in [0.25, 0.3) is 0 Å². The fourth-order valence-electron chi connectivity index (χ4n) is 1.13. The quantitative estimate of drug-likeness (QED) is 0.516. The van der Waals surface area contributed by atoms with Gasteiger partial charge in [0.05, 0.1) is 13.0 Å². The van der Waals surface area contributed by atoms with Crippen molar-refractivity contribution in [1.29, 1.82) is 0 Å².